The first kappa shape index (κ1) is 19.0. The molecule has 0 spiro atoms. The summed E-state index contributed by atoms with van der Waals surface area (Å²) in [5.74, 6) is -0.229. The number of carbonyl (C=O) groups is 2. The number of nitrogens with zero attached hydrogens (tertiary/aromatic N) is 4. The molecule has 150 valence electrons. The van der Waals surface area contributed by atoms with Crippen LogP contribution in [0.5, 0.6) is 0 Å². The first-order valence-corrected chi connectivity index (χ1v) is 9.52. The third-order valence-electron chi connectivity index (χ3n) is 5.26. The molecule has 3 aromatic rings. The lowest BCUT2D eigenvalue weighted by molar-refractivity contribution is -0.132. The van der Waals surface area contributed by atoms with Gasteiger partial charge in [-0.05, 0) is 32.0 Å². The molecule has 2 aromatic heterocycles. The quantitative estimate of drug-likeness (QED) is 0.670. The van der Waals surface area contributed by atoms with Gasteiger partial charge in [-0.1, -0.05) is 0 Å². The predicted octanol–water partition coefficient (Wildman–Crippen LogP) is 3.34. The molecule has 1 aliphatic rings. The Labute approximate surface area is 167 Å². The largest absolute Gasteiger partial charge is 0.353 e. The smallest absolute Gasteiger partial charge is 0.242 e. The van der Waals surface area contributed by atoms with Gasteiger partial charge in [0.15, 0.2) is 5.78 Å². The topological polar surface area (TPSA) is 80.1 Å². The van der Waals surface area contributed by atoms with Gasteiger partial charge < -0.3 is 14.8 Å². The Morgan fingerprint density at radius 1 is 1.24 bits per heavy atom. The number of carbonyl (C=O) groups excluding carboxylic acids is 2. The Morgan fingerprint density at radius 2 is 2.00 bits per heavy atom. The van der Waals surface area contributed by atoms with E-state index in [4.69, 9.17) is 0 Å². The van der Waals surface area contributed by atoms with Gasteiger partial charge in [-0.3, -0.25) is 9.59 Å². The molecule has 3 heterocycles. The third kappa shape index (κ3) is 3.83. The van der Waals surface area contributed by atoms with Crippen molar-refractivity contribution in [2.45, 2.75) is 39.0 Å². The molecular formula is C21H22FN5O2. The highest BCUT2D eigenvalue weighted by molar-refractivity contribution is 6.08. The molecule has 0 radical (unpaired) electrons. The van der Waals surface area contributed by atoms with Crippen LogP contribution in [0.3, 0.4) is 0 Å². The SMILES string of the molecule is CC(=O)c1cn(CC(=O)N2C[C@H](F)C[C@H]2C)c2ccc(Nc3cncnc3)cc12. The van der Waals surface area contributed by atoms with Gasteiger partial charge in [0, 0.05) is 40.8 Å². The molecule has 1 aliphatic heterocycles. The van der Waals surface area contributed by atoms with Crippen molar-refractivity contribution in [3.05, 3.63) is 48.7 Å². The molecule has 7 nitrogen and oxygen atoms in total. The second-order valence-corrected chi connectivity index (χ2v) is 7.44. The minimum absolute atomic E-state index is 0.0696. The van der Waals surface area contributed by atoms with Crippen molar-refractivity contribution in [2.24, 2.45) is 0 Å². The van der Waals surface area contributed by atoms with Crippen LogP contribution in [0.25, 0.3) is 10.9 Å². The molecule has 1 amide bonds. The summed E-state index contributed by atoms with van der Waals surface area (Å²) in [5.41, 5.74) is 2.84. The predicted molar refractivity (Wildman–Crippen MR) is 108 cm³/mol. The fourth-order valence-corrected chi connectivity index (χ4v) is 3.87. The van der Waals surface area contributed by atoms with Crippen molar-refractivity contribution in [3.63, 3.8) is 0 Å². The average Bonchev–Trinajstić information content (AvgIpc) is 3.22. The normalized spacial score (nSPS) is 18.9. The number of fused-ring (bicyclic) bond motifs is 1. The van der Waals surface area contributed by atoms with E-state index in [2.05, 4.69) is 15.3 Å². The van der Waals surface area contributed by atoms with E-state index < -0.39 is 6.17 Å². The van der Waals surface area contributed by atoms with Crippen LogP contribution in [0.2, 0.25) is 0 Å². The molecule has 0 bridgehead atoms. The zero-order chi connectivity index (χ0) is 20.5. The van der Waals surface area contributed by atoms with Crippen LogP contribution in [0.1, 0.15) is 30.6 Å². The summed E-state index contributed by atoms with van der Waals surface area (Å²) in [6.45, 7) is 3.56. The Balaban J connectivity index is 1.65. The molecular weight excluding hydrogens is 373 g/mol. The minimum atomic E-state index is -0.973. The monoisotopic (exact) mass is 395 g/mol. The number of likely N-dealkylation sites (tertiary alicyclic amines) is 1. The average molecular weight is 395 g/mol. The van der Waals surface area contributed by atoms with E-state index in [0.29, 0.717) is 12.0 Å². The van der Waals surface area contributed by atoms with Gasteiger partial charge in [0.1, 0.15) is 19.0 Å². The van der Waals surface area contributed by atoms with Crippen LogP contribution < -0.4 is 5.32 Å². The number of benzene rings is 1. The van der Waals surface area contributed by atoms with Gasteiger partial charge >= 0.3 is 0 Å². The van der Waals surface area contributed by atoms with Gasteiger partial charge in [-0.2, -0.15) is 0 Å². The fourth-order valence-electron chi connectivity index (χ4n) is 3.87. The number of amides is 1. The summed E-state index contributed by atoms with van der Waals surface area (Å²) in [6.07, 6.45) is 5.86. The van der Waals surface area contributed by atoms with Crippen LogP contribution in [0.15, 0.2) is 43.1 Å². The van der Waals surface area contributed by atoms with Crippen LogP contribution in [-0.4, -0.2) is 49.9 Å². The maximum absolute atomic E-state index is 13.6. The first-order chi connectivity index (χ1) is 13.9. The van der Waals surface area contributed by atoms with Gasteiger partial charge in [-0.25, -0.2) is 14.4 Å². The van der Waals surface area contributed by atoms with Crippen molar-refractivity contribution in [3.8, 4) is 0 Å². The number of hydrogen-bond acceptors (Lipinski definition) is 5. The van der Waals surface area contributed by atoms with E-state index >= 15 is 0 Å². The molecule has 0 unspecified atom stereocenters. The number of anilines is 2. The zero-order valence-electron chi connectivity index (χ0n) is 16.3. The molecule has 0 aliphatic carbocycles. The number of halogens is 1. The van der Waals surface area contributed by atoms with E-state index in [1.807, 2.05) is 25.1 Å². The second-order valence-electron chi connectivity index (χ2n) is 7.44. The summed E-state index contributed by atoms with van der Waals surface area (Å²) in [6, 6.07) is 5.49. The summed E-state index contributed by atoms with van der Waals surface area (Å²) in [5, 5.41) is 3.96. The maximum Gasteiger partial charge on any atom is 0.242 e. The van der Waals surface area contributed by atoms with E-state index in [9.17, 15) is 14.0 Å². The molecule has 4 rings (SSSR count). The molecule has 0 saturated carbocycles. The summed E-state index contributed by atoms with van der Waals surface area (Å²) in [7, 11) is 0. The van der Waals surface area contributed by atoms with E-state index in [0.717, 1.165) is 22.3 Å². The van der Waals surface area contributed by atoms with Crippen LogP contribution in [-0.2, 0) is 11.3 Å². The van der Waals surface area contributed by atoms with Crippen molar-refractivity contribution in [2.75, 3.05) is 11.9 Å². The number of ketones is 1. The Bertz CT molecular complexity index is 1070. The van der Waals surface area contributed by atoms with Crippen molar-refractivity contribution in [1.82, 2.24) is 19.4 Å². The molecule has 8 heteroatoms. The van der Waals surface area contributed by atoms with Gasteiger partial charge in [0.05, 0.1) is 24.6 Å². The standard InChI is InChI=1S/C21H22FN5O2/c1-13-5-15(22)9-27(13)21(29)11-26-10-19(14(2)28)18-6-16(3-4-20(18)26)25-17-7-23-12-24-8-17/h3-4,6-8,10,12-13,15,25H,5,9,11H2,1-2H3/t13-,15-/m1/s1. The van der Waals surface area contributed by atoms with Crippen molar-refractivity contribution >= 4 is 34.0 Å². The highest BCUT2D eigenvalue weighted by Crippen LogP contribution is 2.28. The lowest BCUT2D eigenvalue weighted by Crippen LogP contribution is -2.36. The van der Waals surface area contributed by atoms with Crippen molar-refractivity contribution < 1.29 is 14.0 Å². The lowest BCUT2D eigenvalue weighted by atomic mass is 10.1. The molecule has 1 saturated heterocycles. The minimum Gasteiger partial charge on any atom is -0.353 e. The van der Waals surface area contributed by atoms with E-state index in [1.165, 1.54) is 13.3 Å². The number of hydrogen-bond donors (Lipinski definition) is 1. The van der Waals surface area contributed by atoms with Crippen molar-refractivity contribution in [1.29, 1.82) is 0 Å². The van der Waals surface area contributed by atoms with E-state index in [-0.39, 0.29) is 30.8 Å². The third-order valence-corrected chi connectivity index (χ3v) is 5.26. The highest BCUT2D eigenvalue weighted by Gasteiger charge is 2.32. The fraction of sp³-hybridized carbons (Fsp3) is 0.333. The highest BCUT2D eigenvalue weighted by atomic mass is 19.1. The second kappa shape index (κ2) is 7.62. The van der Waals surface area contributed by atoms with E-state index in [1.54, 1.807) is 28.1 Å². The summed E-state index contributed by atoms with van der Waals surface area (Å²) in [4.78, 5) is 34.4. The van der Waals surface area contributed by atoms with Gasteiger partial charge in [-0.15, -0.1) is 0 Å². The molecule has 29 heavy (non-hydrogen) atoms. The Morgan fingerprint density at radius 3 is 2.66 bits per heavy atom. The maximum atomic E-state index is 13.6. The van der Waals surface area contributed by atoms with Crippen LogP contribution in [0.4, 0.5) is 15.8 Å². The number of rotatable bonds is 5. The van der Waals surface area contributed by atoms with Crippen LogP contribution >= 0.6 is 0 Å². The number of Topliss-reactive ketones (excluding diaryl/α,β-unsaturated/α-hetero) is 1. The van der Waals surface area contributed by atoms with Crippen LogP contribution in [0, 0.1) is 0 Å². The van der Waals surface area contributed by atoms with Gasteiger partial charge in [0.2, 0.25) is 5.91 Å². The first-order valence-electron chi connectivity index (χ1n) is 9.52. The summed E-state index contributed by atoms with van der Waals surface area (Å²) >= 11 is 0. The number of nitrogens with one attached hydrogen (secondary N) is 1. The molecule has 1 fully saturated rings. The lowest BCUT2D eigenvalue weighted by Gasteiger charge is -2.21. The van der Waals surface area contributed by atoms with Gasteiger partial charge in [0.25, 0.3) is 0 Å². The molecule has 1 aromatic carbocycles. The molecule has 1 N–H and O–H groups in total. The molecule has 2 atom stereocenters. The number of aromatic nitrogens is 3. The zero-order valence-corrected chi connectivity index (χ0v) is 16.3. The number of alkyl halides is 1. The summed E-state index contributed by atoms with van der Waals surface area (Å²) < 4.78 is 15.4. The Kier molecular flexibility index (Phi) is 5.00. The Hall–Kier alpha value is -3.29.